The number of unbranched alkanes of at least 4 members (excludes halogenated alkanes) is 2. The highest BCUT2D eigenvalue weighted by Gasteiger charge is 2.41. The Morgan fingerprint density at radius 1 is 1.42 bits per heavy atom. The van der Waals surface area contributed by atoms with E-state index in [-0.39, 0.29) is 18.0 Å². The van der Waals surface area contributed by atoms with Crippen LogP contribution < -0.4 is 5.32 Å². The first-order chi connectivity index (χ1) is 12.5. The van der Waals surface area contributed by atoms with Crippen molar-refractivity contribution in [3.63, 3.8) is 0 Å². The van der Waals surface area contributed by atoms with Gasteiger partial charge in [-0.05, 0) is 43.9 Å². The molecule has 0 aromatic rings. The Morgan fingerprint density at radius 2 is 2.23 bits per heavy atom. The minimum Gasteiger partial charge on any atom is -0.460 e. The summed E-state index contributed by atoms with van der Waals surface area (Å²) < 4.78 is 5.60. The Balaban J connectivity index is 1.69. The van der Waals surface area contributed by atoms with Gasteiger partial charge >= 0.3 is 5.97 Å². The summed E-state index contributed by atoms with van der Waals surface area (Å²) in [6.45, 7) is 3.94. The van der Waals surface area contributed by atoms with Crippen molar-refractivity contribution in [1.29, 1.82) is 0 Å². The SMILES string of the molecule is CCCC/C=C/CCC(=O)N[C@@]1(C)CC[C@@H](CSC2=CC=CC2)OC1=O. The minimum atomic E-state index is -0.891. The van der Waals surface area contributed by atoms with Crippen LogP contribution in [0.15, 0.2) is 35.3 Å². The molecule has 0 spiro atoms. The van der Waals surface area contributed by atoms with E-state index in [1.165, 1.54) is 17.7 Å². The molecular weight excluding hydrogens is 346 g/mol. The smallest absolute Gasteiger partial charge is 0.331 e. The van der Waals surface area contributed by atoms with Crippen molar-refractivity contribution >= 4 is 23.6 Å². The summed E-state index contributed by atoms with van der Waals surface area (Å²) in [4.78, 5) is 25.9. The second-order valence-electron chi connectivity index (χ2n) is 7.17. The van der Waals surface area contributed by atoms with Gasteiger partial charge in [0.2, 0.25) is 5.91 Å². The molecule has 1 aliphatic heterocycles. The molecule has 26 heavy (non-hydrogen) atoms. The number of hydrogen-bond acceptors (Lipinski definition) is 4. The maximum absolute atomic E-state index is 12.4. The molecule has 4 nitrogen and oxygen atoms in total. The number of allylic oxidation sites excluding steroid dienone is 6. The summed E-state index contributed by atoms with van der Waals surface area (Å²) in [6, 6.07) is 0. The van der Waals surface area contributed by atoms with Crippen LogP contribution in [0.25, 0.3) is 0 Å². The van der Waals surface area contributed by atoms with Crippen LogP contribution in [-0.2, 0) is 14.3 Å². The van der Waals surface area contributed by atoms with Crippen LogP contribution in [0.4, 0.5) is 0 Å². The van der Waals surface area contributed by atoms with Crippen LogP contribution in [0.5, 0.6) is 0 Å². The van der Waals surface area contributed by atoms with Gasteiger partial charge in [-0.15, -0.1) is 11.8 Å². The zero-order valence-electron chi connectivity index (χ0n) is 16.0. The summed E-state index contributed by atoms with van der Waals surface area (Å²) in [7, 11) is 0. The van der Waals surface area contributed by atoms with Crippen LogP contribution in [0.2, 0.25) is 0 Å². The molecule has 0 saturated carbocycles. The van der Waals surface area contributed by atoms with Gasteiger partial charge in [-0.1, -0.05) is 50.1 Å². The average molecular weight is 378 g/mol. The second kappa shape index (κ2) is 10.6. The molecule has 1 aliphatic carbocycles. The normalized spacial score (nSPS) is 25.4. The fourth-order valence-electron chi connectivity index (χ4n) is 3.00. The number of hydrogen-bond donors (Lipinski definition) is 1. The third kappa shape index (κ3) is 6.67. The predicted octanol–water partition coefficient (Wildman–Crippen LogP) is 4.67. The van der Waals surface area contributed by atoms with Crippen molar-refractivity contribution in [1.82, 2.24) is 5.32 Å². The van der Waals surface area contributed by atoms with E-state index in [0.29, 0.717) is 19.3 Å². The molecule has 1 saturated heterocycles. The number of amides is 1. The summed E-state index contributed by atoms with van der Waals surface area (Å²) in [5.74, 6) is 0.394. The number of thioether (sulfide) groups is 1. The van der Waals surface area contributed by atoms with Crippen LogP contribution in [0.3, 0.4) is 0 Å². The number of carbonyl (C=O) groups excluding carboxylic acids is 2. The number of nitrogens with one attached hydrogen (secondary N) is 1. The van der Waals surface area contributed by atoms with Gasteiger partial charge < -0.3 is 10.1 Å². The molecule has 0 bridgehead atoms. The lowest BCUT2D eigenvalue weighted by molar-refractivity contribution is -0.163. The molecule has 2 aliphatic rings. The fraction of sp³-hybridized carbons (Fsp3) is 0.619. The van der Waals surface area contributed by atoms with Crippen LogP contribution in [0.1, 0.15) is 65.2 Å². The molecule has 0 aromatic heterocycles. The van der Waals surface area contributed by atoms with E-state index in [1.807, 2.05) is 0 Å². The molecule has 1 heterocycles. The maximum Gasteiger partial charge on any atom is 0.331 e. The zero-order chi connectivity index (χ0) is 18.8. The number of ether oxygens (including phenoxy) is 1. The summed E-state index contributed by atoms with van der Waals surface area (Å²) in [5, 5.41) is 2.89. The highest BCUT2D eigenvalue weighted by Crippen LogP contribution is 2.30. The topological polar surface area (TPSA) is 55.4 Å². The molecule has 2 rings (SSSR count). The van der Waals surface area contributed by atoms with Gasteiger partial charge in [-0.3, -0.25) is 4.79 Å². The van der Waals surface area contributed by atoms with Crippen LogP contribution in [-0.4, -0.2) is 29.3 Å². The number of carbonyl (C=O) groups is 2. The summed E-state index contributed by atoms with van der Waals surface area (Å²) >= 11 is 1.75. The standard InChI is InChI=1S/C21H31NO3S/c1-3-4-5-6-7-8-13-19(23)22-21(2)15-14-17(25-20(21)24)16-26-18-11-9-10-12-18/h6-7,9-11,17H,3-5,8,12-16H2,1-2H3,(H,22,23)/b7-6+/t17-,21-/m0/s1. The predicted molar refractivity (Wildman–Crippen MR) is 108 cm³/mol. The highest BCUT2D eigenvalue weighted by molar-refractivity contribution is 8.03. The van der Waals surface area contributed by atoms with Gasteiger partial charge in [-0.25, -0.2) is 4.79 Å². The van der Waals surface area contributed by atoms with E-state index >= 15 is 0 Å². The lowest BCUT2D eigenvalue weighted by atomic mass is 9.91. The lowest BCUT2D eigenvalue weighted by Gasteiger charge is -2.36. The third-order valence-electron chi connectivity index (χ3n) is 4.73. The first-order valence-corrected chi connectivity index (χ1v) is 10.7. The minimum absolute atomic E-state index is 0.0690. The number of rotatable bonds is 10. The second-order valence-corrected chi connectivity index (χ2v) is 8.32. The molecule has 5 heteroatoms. The highest BCUT2D eigenvalue weighted by atomic mass is 32.2. The monoisotopic (exact) mass is 377 g/mol. The van der Waals surface area contributed by atoms with E-state index in [1.54, 1.807) is 18.7 Å². The van der Waals surface area contributed by atoms with Crippen LogP contribution in [0, 0.1) is 0 Å². The van der Waals surface area contributed by atoms with E-state index < -0.39 is 5.54 Å². The van der Waals surface area contributed by atoms with E-state index in [4.69, 9.17) is 4.74 Å². The quantitative estimate of drug-likeness (QED) is 0.341. The largest absolute Gasteiger partial charge is 0.460 e. The van der Waals surface area contributed by atoms with Gasteiger partial charge in [0.05, 0.1) is 0 Å². The zero-order valence-corrected chi connectivity index (χ0v) is 16.8. The Bertz CT molecular complexity index is 582. The van der Waals surface area contributed by atoms with Crippen LogP contribution >= 0.6 is 11.8 Å². The first kappa shape index (κ1) is 20.8. The Hall–Kier alpha value is -1.49. The molecule has 0 radical (unpaired) electrons. The van der Waals surface area contributed by atoms with Gasteiger partial charge in [-0.2, -0.15) is 0 Å². The molecule has 1 amide bonds. The molecule has 2 atom stereocenters. The Kier molecular flexibility index (Phi) is 8.49. The summed E-state index contributed by atoms with van der Waals surface area (Å²) in [5.41, 5.74) is -0.891. The lowest BCUT2D eigenvalue weighted by Crippen LogP contribution is -2.56. The van der Waals surface area contributed by atoms with Gasteiger partial charge in [0.1, 0.15) is 11.6 Å². The average Bonchev–Trinajstić information content (AvgIpc) is 3.13. The van der Waals surface area contributed by atoms with E-state index in [0.717, 1.165) is 25.0 Å². The molecular formula is C21H31NO3S. The van der Waals surface area contributed by atoms with Crippen molar-refractivity contribution in [3.8, 4) is 0 Å². The summed E-state index contributed by atoms with van der Waals surface area (Å²) in [6.07, 6.45) is 17.3. The van der Waals surface area contributed by atoms with Crippen molar-refractivity contribution < 1.29 is 14.3 Å². The van der Waals surface area contributed by atoms with Crippen molar-refractivity contribution in [2.75, 3.05) is 5.75 Å². The van der Waals surface area contributed by atoms with E-state index in [9.17, 15) is 9.59 Å². The molecule has 0 aromatic carbocycles. The molecule has 0 unspecified atom stereocenters. The molecule has 1 N–H and O–H groups in total. The Labute approximate surface area is 161 Å². The van der Waals surface area contributed by atoms with Gasteiger partial charge in [0.25, 0.3) is 0 Å². The Morgan fingerprint density at radius 3 is 2.92 bits per heavy atom. The first-order valence-electron chi connectivity index (χ1n) is 9.69. The van der Waals surface area contributed by atoms with Crippen molar-refractivity contribution in [2.24, 2.45) is 0 Å². The van der Waals surface area contributed by atoms with Gasteiger partial charge in [0.15, 0.2) is 0 Å². The number of esters is 1. The maximum atomic E-state index is 12.4. The van der Waals surface area contributed by atoms with E-state index in [2.05, 4.69) is 42.6 Å². The number of cyclic esters (lactones) is 1. The van der Waals surface area contributed by atoms with Gasteiger partial charge in [0, 0.05) is 12.2 Å². The third-order valence-corrected chi connectivity index (χ3v) is 5.94. The molecule has 1 fully saturated rings. The van der Waals surface area contributed by atoms with Crippen molar-refractivity contribution in [3.05, 3.63) is 35.3 Å². The fourth-order valence-corrected chi connectivity index (χ4v) is 4.02. The van der Waals surface area contributed by atoms with Crippen molar-refractivity contribution in [2.45, 2.75) is 76.9 Å². The molecule has 144 valence electrons.